The first-order valence-electron chi connectivity index (χ1n) is 12.3. The summed E-state index contributed by atoms with van der Waals surface area (Å²) in [5.41, 5.74) is 5.85. The molecule has 1 atom stereocenters. The number of amides is 3. The van der Waals surface area contributed by atoms with Gasteiger partial charge in [0.1, 0.15) is 6.54 Å². The zero-order valence-corrected chi connectivity index (χ0v) is 19.7. The molecule has 6 heteroatoms. The molecule has 1 saturated heterocycles. The van der Waals surface area contributed by atoms with Crippen molar-refractivity contribution in [2.45, 2.75) is 88.2 Å². The molecule has 1 heterocycles. The van der Waals surface area contributed by atoms with Crippen LogP contribution in [0.25, 0.3) is 0 Å². The number of hydrogen-bond acceptors (Lipinski definition) is 3. The van der Waals surface area contributed by atoms with Gasteiger partial charge in [-0.2, -0.15) is 0 Å². The lowest BCUT2D eigenvalue weighted by Crippen LogP contribution is -2.58. The van der Waals surface area contributed by atoms with Crippen molar-refractivity contribution in [1.82, 2.24) is 9.80 Å². The van der Waals surface area contributed by atoms with Gasteiger partial charge in [0.15, 0.2) is 0 Å². The number of carbonyl (C=O) groups is 2. The Morgan fingerprint density at radius 1 is 1.12 bits per heavy atom. The molecule has 1 unspecified atom stereocenters. The van der Waals surface area contributed by atoms with Gasteiger partial charge in [-0.05, 0) is 68.3 Å². The number of urea groups is 1. The number of β-amino-alcohol motifs (C(OH)–C–C–N with tert-alkyl or cyclic N) is 1. The van der Waals surface area contributed by atoms with Crippen molar-refractivity contribution in [3.05, 3.63) is 35.9 Å². The Morgan fingerprint density at radius 2 is 1.78 bits per heavy atom. The van der Waals surface area contributed by atoms with E-state index in [9.17, 15) is 14.7 Å². The van der Waals surface area contributed by atoms with E-state index in [0.717, 1.165) is 57.8 Å². The molecule has 176 valence electrons. The number of carbonyl (C=O) groups excluding carboxylic acids is 2. The molecular weight excluding hydrogens is 402 g/mol. The molecule has 3 aliphatic rings. The normalized spacial score (nSPS) is 30.4. The molecule has 1 aliphatic heterocycles. The molecule has 1 aromatic carbocycles. The van der Waals surface area contributed by atoms with Gasteiger partial charge in [0.2, 0.25) is 5.91 Å². The van der Waals surface area contributed by atoms with Gasteiger partial charge >= 0.3 is 6.03 Å². The van der Waals surface area contributed by atoms with Crippen LogP contribution in [0.3, 0.4) is 0 Å². The molecule has 6 nitrogen and oxygen atoms in total. The van der Waals surface area contributed by atoms with Crippen molar-refractivity contribution in [2.24, 2.45) is 11.7 Å². The zero-order valence-electron chi connectivity index (χ0n) is 19.7. The molecule has 1 aromatic rings. The number of hydrogen-bond donors (Lipinski definition) is 2. The summed E-state index contributed by atoms with van der Waals surface area (Å²) in [5, 5.41) is 10.9. The van der Waals surface area contributed by atoms with Crippen LogP contribution in [0.5, 0.6) is 0 Å². The van der Waals surface area contributed by atoms with Gasteiger partial charge in [-0.3, -0.25) is 4.79 Å². The van der Waals surface area contributed by atoms with E-state index >= 15 is 0 Å². The van der Waals surface area contributed by atoms with E-state index in [1.165, 1.54) is 5.56 Å². The van der Waals surface area contributed by atoms with E-state index in [-0.39, 0.29) is 23.5 Å². The molecule has 2 aliphatic carbocycles. The fourth-order valence-electron chi connectivity index (χ4n) is 6.30. The minimum atomic E-state index is -0.782. The number of nitrogens with two attached hydrogens (primary N) is 1. The van der Waals surface area contributed by atoms with Crippen LogP contribution in [0.1, 0.15) is 77.2 Å². The third kappa shape index (κ3) is 4.26. The second-order valence-corrected chi connectivity index (χ2v) is 10.9. The third-order valence-corrected chi connectivity index (χ3v) is 8.60. The number of aliphatic hydroxyl groups is 1. The van der Waals surface area contributed by atoms with Crippen molar-refractivity contribution >= 4 is 11.9 Å². The Labute approximate surface area is 192 Å². The Balaban J connectivity index is 1.61. The highest BCUT2D eigenvalue weighted by molar-refractivity contribution is 5.85. The maximum absolute atomic E-state index is 13.3. The summed E-state index contributed by atoms with van der Waals surface area (Å²) < 4.78 is 0. The Hall–Kier alpha value is -2.08. The van der Waals surface area contributed by atoms with Crippen molar-refractivity contribution < 1.29 is 14.7 Å². The molecule has 0 bridgehead atoms. The Kier molecular flexibility index (Phi) is 6.27. The molecule has 4 rings (SSSR count). The van der Waals surface area contributed by atoms with Crippen molar-refractivity contribution in [3.63, 3.8) is 0 Å². The molecule has 2 saturated carbocycles. The van der Waals surface area contributed by atoms with Crippen LogP contribution in [0.4, 0.5) is 4.79 Å². The van der Waals surface area contributed by atoms with Crippen LogP contribution >= 0.6 is 0 Å². The summed E-state index contributed by atoms with van der Waals surface area (Å²) >= 11 is 0. The van der Waals surface area contributed by atoms with Crippen LogP contribution in [0.15, 0.2) is 30.3 Å². The summed E-state index contributed by atoms with van der Waals surface area (Å²) in [4.78, 5) is 28.5. The molecule has 3 fully saturated rings. The van der Waals surface area contributed by atoms with Gasteiger partial charge in [-0.1, -0.05) is 50.6 Å². The summed E-state index contributed by atoms with van der Waals surface area (Å²) in [6.07, 6.45) is 8.57. The average Bonchev–Trinajstić information content (AvgIpc) is 3.00. The molecular formula is C26H39N3O3. The Morgan fingerprint density at radius 3 is 2.31 bits per heavy atom. The van der Waals surface area contributed by atoms with Crippen LogP contribution < -0.4 is 5.73 Å². The molecule has 0 radical (unpaired) electrons. The lowest BCUT2D eigenvalue weighted by molar-refractivity contribution is -0.118. The van der Waals surface area contributed by atoms with Gasteiger partial charge in [0.05, 0.1) is 17.7 Å². The molecule has 3 N–H and O–H groups in total. The predicted octanol–water partition coefficient (Wildman–Crippen LogP) is 3.81. The average molecular weight is 442 g/mol. The third-order valence-electron chi connectivity index (χ3n) is 8.60. The van der Waals surface area contributed by atoms with Gasteiger partial charge in [-0.25, -0.2) is 4.79 Å². The van der Waals surface area contributed by atoms with Crippen LogP contribution in [-0.4, -0.2) is 57.6 Å². The van der Waals surface area contributed by atoms with Gasteiger partial charge in [0, 0.05) is 6.54 Å². The number of primary amides is 1. The molecule has 32 heavy (non-hydrogen) atoms. The van der Waals surface area contributed by atoms with Crippen molar-refractivity contribution in [2.75, 3.05) is 19.6 Å². The number of rotatable bonds is 8. The molecule has 3 amide bonds. The maximum Gasteiger partial charge on any atom is 0.321 e. The van der Waals surface area contributed by atoms with Gasteiger partial charge in [0.25, 0.3) is 0 Å². The molecule has 0 aromatic heterocycles. The van der Waals surface area contributed by atoms with E-state index in [4.69, 9.17) is 5.73 Å². The first-order valence-corrected chi connectivity index (χ1v) is 12.3. The highest BCUT2D eigenvalue weighted by Crippen LogP contribution is 2.51. The highest BCUT2D eigenvalue weighted by atomic mass is 16.3. The number of nitrogens with zero attached hydrogens (tertiary/aromatic N) is 2. The van der Waals surface area contributed by atoms with Crippen LogP contribution in [-0.2, 0) is 10.2 Å². The van der Waals surface area contributed by atoms with E-state index in [2.05, 4.69) is 44.2 Å². The topological polar surface area (TPSA) is 86.9 Å². The SMILES string of the molecule is CCC(C)C[C@]1(c2ccccc2)CC[C@]2(CC1)CN(CC(N)=O)C(=O)N2CC1(O)CCC1. The monoisotopic (exact) mass is 441 g/mol. The van der Waals surface area contributed by atoms with Crippen molar-refractivity contribution in [3.8, 4) is 0 Å². The lowest BCUT2D eigenvalue weighted by Gasteiger charge is -2.51. The fourth-order valence-corrected chi connectivity index (χ4v) is 6.30. The first-order chi connectivity index (χ1) is 15.2. The molecule has 1 spiro atoms. The first kappa shape index (κ1) is 23.1. The minimum absolute atomic E-state index is 0.0494. The van der Waals surface area contributed by atoms with Gasteiger partial charge < -0.3 is 20.6 Å². The quantitative estimate of drug-likeness (QED) is 0.643. The summed E-state index contributed by atoms with van der Waals surface area (Å²) in [6, 6.07) is 10.7. The van der Waals surface area contributed by atoms with Crippen molar-refractivity contribution in [1.29, 1.82) is 0 Å². The highest BCUT2D eigenvalue weighted by Gasteiger charge is 2.56. The summed E-state index contributed by atoms with van der Waals surface area (Å²) in [5.74, 6) is 0.150. The summed E-state index contributed by atoms with van der Waals surface area (Å²) in [6.45, 7) is 5.43. The smallest absolute Gasteiger partial charge is 0.321 e. The fraction of sp³-hybridized carbons (Fsp3) is 0.692. The van der Waals surface area contributed by atoms with E-state index < -0.39 is 11.5 Å². The standard InChI is InChI=1S/C26H39N3O3/c1-3-20(2)16-24(21-8-5-4-6-9-21)12-14-25(15-13-24)18-28(17-22(27)30)23(31)29(25)19-26(32)10-7-11-26/h4-6,8-9,20,32H,3,7,10-19H2,1-2H3,(H2,27,30)/t20?,24-,25-. The van der Waals surface area contributed by atoms with Gasteiger partial charge in [-0.15, -0.1) is 0 Å². The minimum Gasteiger partial charge on any atom is -0.388 e. The Bertz CT molecular complexity index is 828. The predicted molar refractivity (Wildman–Crippen MR) is 125 cm³/mol. The van der Waals surface area contributed by atoms with E-state index in [1.807, 2.05) is 4.90 Å². The second-order valence-electron chi connectivity index (χ2n) is 10.9. The maximum atomic E-state index is 13.3. The summed E-state index contributed by atoms with van der Waals surface area (Å²) in [7, 11) is 0. The van der Waals surface area contributed by atoms with E-state index in [0.29, 0.717) is 19.0 Å². The lowest BCUT2D eigenvalue weighted by atomic mass is 9.60. The largest absolute Gasteiger partial charge is 0.388 e. The van der Waals surface area contributed by atoms with E-state index in [1.54, 1.807) is 4.90 Å². The zero-order chi connectivity index (χ0) is 23.0. The number of benzene rings is 1. The van der Waals surface area contributed by atoms with Crippen LogP contribution in [0, 0.1) is 5.92 Å². The van der Waals surface area contributed by atoms with Crippen LogP contribution in [0.2, 0.25) is 0 Å². The second kappa shape index (κ2) is 8.69.